The molecule has 0 spiro atoms. The molecule has 0 aromatic heterocycles. The van der Waals surface area contributed by atoms with Crippen molar-refractivity contribution in [3.05, 3.63) is 12.0 Å². The summed E-state index contributed by atoms with van der Waals surface area (Å²) in [5.41, 5.74) is 0. The molecule has 0 aliphatic heterocycles. The summed E-state index contributed by atoms with van der Waals surface area (Å²) >= 11 is 0. The standard InChI is InChI=1S/C4H8O4/c5-1-3(7)4(8)2-6/h1,4-8H,2H2/b3-1-. The van der Waals surface area contributed by atoms with E-state index in [1.165, 1.54) is 0 Å². The molecule has 4 heteroatoms. The molecule has 0 aliphatic carbocycles. The monoisotopic (exact) mass is 120 g/mol. The minimum absolute atomic E-state index is 0.334. The van der Waals surface area contributed by atoms with Gasteiger partial charge in [-0.15, -0.1) is 0 Å². The van der Waals surface area contributed by atoms with E-state index in [1.807, 2.05) is 0 Å². The maximum Gasteiger partial charge on any atom is 0.157 e. The van der Waals surface area contributed by atoms with Crippen molar-refractivity contribution in [2.45, 2.75) is 6.10 Å². The van der Waals surface area contributed by atoms with E-state index in [0.717, 1.165) is 0 Å². The number of hydrogen-bond donors (Lipinski definition) is 4. The van der Waals surface area contributed by atoms with Crippen LogP contribution < -0.4 is 0 Å². The van der Waals surface area contributed by atoms with Crippen LogP contribution in [0.25, 0.3) is 0 Å². The van der Waals surface area contributed by atoms with Gasteiger partial charge in [0.05, 0.1) is 6.61 Å². The van der Waals surface area contributed by atoms with Crippen LogP contribution in [0.5, 0.6) is 0 Å². The normalized spacial score (nSPS) is 16.0. The molecule has 0 rings (SSSR count). The zero-order valence-electron chi connectivity index (χ0n) is 4.15. The average molecular weight is 120 g/mol. The molecule has 0 aromatic rings. The van der Waals surface area contributed by atoms with Crippen molar-refractivity contribution in [1.82, 2.24) is 0 Å². The lowest BCUT2D eigenvalue weighted by Crippen LogP contribution is -2.14. The molecular formula is C4H8O4. The quantitative estimate of drug-likeness (QED) is 0.363. The molecule has 0 heterocycles. The summed E-state index contributed by atoms with van der Waals surface area (Å²) in [5.74, 6) is -0.632. The number of rotatable bonds is 2. The van der Waals surface area contributed by atoms with E-state index in [2.05, 4.69) is 0 Å². The topological polar surface area (TPSA) is 80.9 Å². The molecule has 1 unspecified atom stereocenters. The smallest absolute Gasteiger partial charge is 0.157 e. The van der Waals surface area contributed by atoms with Gasteiger partial charge in [0.2, 0.25) is 0 Å². The van der Waals surface area contributed by atoms with Crippen molar-refractivity contribution < 1.29 is 20.4 Å². The first-order valence-corrected chi connectivity index (χ1v) is 2.04. The van der Waals surface area contributed by atoms with Gasteiger partial charge in [-0.3, -0.25) is 0 Å². The molecule has 1 atom stereocenters. The summed E-state index contributed by atoms with van der Waals surface area (Å²) in [4.78, 5) is 0. The highest BCUT2D eigenvalue weighted by atomic mass is 16.4. The summed E-state index contributed by atoms with van der Waals surface area (Å²) in [6.07, 6.45) is -1.03. The Morgan fingerprint density at radius 3 is 2.25 bits per heavy atom. The summed E-state index contributed by atoms with van der Waals surface area (Å²) in [6, 6.07) is 0. The first kappa shape index (κ1) is 7.26. The Morgan fingerprint density at radius 2 is 2.12 bits per heavy atom. The van der Waals surface area contributed by atoms with E-state index in [9.17, 15) is 0 Å². The summed E-state index contributed by atoms with van der Waals surface area (Å²) in [5, 5.41) is 32.8. The molecule has 4 N–H and O–H groups in total. The van der Waals surface area contributed by atoms with Crippen molar-refractivity contribution in [3.63, 3.8) is 0 Å². The average Bonchev–Trinajstić information content (AvgIpc) is 1.84. The van der Waals surface area contributed by atoms with E-state index >= 15 is 0 Å². The molecule has 0 amide bonds. The zero-order valence-corrected chi connectivity index (χ0v) is 4.15. The van der Waals surface area contributed by atoms with Crippen LogP contribution in [-0.2, 0) is 0 Å². The first-order valence-electron chi connectivity index (χ1n) is 2.04. The van der Waals surface area contributed by atoms with Crippen LogP contribution >= 0.6 is 0 Å². The van der Waals surface area contributed by atoms with E-state index in [4.69, 9.17) is 20.4 Å². The summed E-state index contributed by atoms with van der Waals surface area (Å²) in [6.45, 7) is -0.594. The van der Waals surface area contributed by atoms with Gasteiger partial charge in [0, 0.05) is 0 Å². The van der Waals surface area contributed by atoms with Gasteiger partial charge in [-0.1, -0.05) is 0 Å². The predicted molar refractivity (Wildman–Crippen MR) is 26.4 cm³/mol. The van der Waals surface area contributed by atoms with Crippen LogP contribution in [0.4, 0.5) is 0 Å². The number of aliphatic hydroxyl groups is 4. The van der Waals surface area contributed by atoms with Gasteiger partial charge in [-0.25, -0.2) is 0 Å². The fourth-order valence-corrected chi connectivity index (χ4v) is 0.180. The predicted octanol–water partition coefficient (Wildman–Crippen LogP) is -0.703. The highest BCUT2D eigenvalue weighted by Crippen LogP contribution is 1.92. The second kappa shape index (κ2) is 3.29. The molecule has 0 aliphatic rings. The van der Waals surface area contributed by atoms with Crippen LogP contribution in [0.2, 0.25) is 0 Å². The highest BCUT2D eigenvalue weighted by Gasteiger charge is 2.05. The Bertz CT molecular complexity index is 88.0. The Hall–Kier alpha value is -0.740. The van der Waals surface area contributed by atoms with E-state index in [0.29, 0.717) is 6.26 Å². The fourth-order valence-electron chi connectivity index (χ4n) is 0.180. The van der Waals surface area contributed by atoms with Crippen molar-refractivity contribution in [1.29, 1.82) is 0 Å². The van der Waals surface area contributed by atoms with Gasteiger partial charge in [0.15, 0.2) is 5.76 Å². The van der Waals surface area contributed by atoms with Gasteiger partial charge in [0.25, 0.3) is 0 Å². The Morgan fingerprint density at radius 1 is 1.62 bits per heavy atom. The van der Waals surface area contributed by atoms with Crippen LogP contribution in [-0.4, -0.2) is 33.1 Å². The number of aliphatic hydroxyl groups excluding tert-OH is 4. The molecule has 48 valence electrons. The molecule has 0 fully saturated rings. The van der Waals surface area contributed by atoms with Crippen LogP contribution in [0.3, 0.4) is 0 Å². The Labute approximate surface area is 46.3 Å². The van der Waals surface area contributed by atoms with Crippen molar-refractivity contribution >= 4 is 0 Å². The third kappa shape index (κ3) is 1.81. The third-order valence-corrected chi connectivity index (χ3v) is 0.647. The lowest BCUT2D eigenvalue weighted by Gasteiger charge is -2.01. The minimum atomic E-state index is -1.36. The van der Waals surface area contributed by atoms with Crippen LogP contribution in [0.1, 0.15) is 0 Å². The summed E-state index contributed by atoms with van der Waals surface area (Å²) < 4.78 is 0. The molecule has 8 heavy (non-hydrogen) atoms. The van der Waals surface area contributed by atoms with Gasteiger partial charge in [0.1, 0.15) is 12.4 Å². The molecular weight excluding hydrogens is 112 g/mol. The maximum absolute atomic E-state index is 8.40. The SMILES string of the molecule is O/C=C(\O)C(O)CO. The van der Waals surface area contributed by atoms with E-state index in [1.54, 1.807) is 0 Å². The minimum Gasteiger partial charge on any atom is -0.512 e. The Balaban J connectivity index is 3.63. The molecule has 0 bridgehead atoms. The molecule has 0 aromatic carbocycles. The van der Waals surface area contributed by atoms with Gasteiger partial charge in [-0.2, -0.15) is 0 Å². The lowest BCUT2D eigenvalue weighted by atomic mass is 10.3. The van der Waals surface area contributed by atoms with Crippen molar-refractivity contribution in [2.24, 2.45) is 0 Å². The fraction of sp³-hybridized carbons (Fsp3) is 0.500. The second-order valence-corrected chi connectivity index (χ2v) is 1.25. The largest absolute Gasteiger partial charge is 0.512 e. The van der Waals surface area contributed by atoms with Gasteiger partial charge in [-0.05, 0) is 0 Å². The third-order valence-electron chi connectivity index (χ3n) is 0.647. The van der Waals surface area contributed by atoms with Gasteiger partial charge < -0.3 is 20.4 Å². The first-order chi connectivity index (χ1) is 3.72. The zero-order chi connectivity index (χ0) is 6.57. The van der Waals surface area contributed by atoms with Crippen molar-refractivity contribution in [3.8, 4) is 0 Å². The van der Waals surface area contributed by atoms with Crippen LogP contribution in [0.15, 0.2) is 12.0 Å². The lowest BCUT2D eigenvalue weighted by molar-refractivity contribution is 0.0829. The maximum atomic E-state index is 8.40. The molecule has 4 nitrogen and oxygen atoms in total. The molecule has 0 saturated heterocycles. The highest BCUT2D eigenvalue weighted by molar-refractivity contribution is 4.91. The van der Waals surface area contributed by atoms with E-state index in [-0.39, 0.29) is 0 Å². The van der Waals surface area contributed by atoms with Crippen molar-refractivity contribution in [2.75, 3.05) is 6.61 Å². The number of hydrogen-bond acceptors (Lipinski definition) is 4. The van der Waals surface area contributed by atoms with E-state index < -0.39 is 18.5 Å². The molecule has 0 saturated carbocycles. The molecule has 0 radical (unpaired) electrons. The second-order valence-electron chi connectivity index (χ2n) is 1.25. The Kier molecular flexibility index (Phi) is 2.98. The summed E-state index contributed by atoms with van der Waals surface area (Å²) in [7, 11) is 0. The van der Waals surface area contributed by atoms with Crippen LogP contribution in [0, 0.1) is 0 Å². The van der Waals surface area contributed by atoms with Gasteiger partial charge >= 0.3 is 0 Å².